The molecule has 5 atom stereocenters. The van der Waals surface area contributed by atoms with Crippen molar-refractivity contribution in [3.63, 3.8) is 0 Å². The van der Waals surface area contributed by atoms with E-state index in [-0.39, 0.29) is 42.3 Å². The Morgan fingerprint density at radius 3 is 2.16 bits per heavy atom. The summed E-state index contributed by atoms with van der Waals surface area (Å²) in [5, 5.41) is 0. The fourth-order valence-corrected chi connectivity index (χ4v) is 5.62. The molecule has 0 saturated carbocycles. The lowest BCUT2D eigenvalue weighted by Crippen LogP contribution is -2.58. The van der Waals surface area contributed by atoms with Crippen molar-refractivity contribution in [2.75, 3.05) is 6.61 Å². The molecule has 2 aliphatic heterocycles. The number of esters is 1. The highest BCUT2D eigenvalue weighted by molar-refractivity contribution is 7.99. The standard InChI is InChI=1S/C25H27NO5S/c1-14-9-11-18(12-10-14)32-25-22(16(3)15(2)21(31-25)13-30-17(4)27)26-23(28)19-7-5-6-8-20(19)24(26)29/h5-12,15-16,21-22,25H,13H2,1-4H3. The third-order valence-electron chi connectivity index (χ3n) is 6.39. The Balaban J connectivity index is 1.67. The van der Waals surface area contributed by atoms with Gasteiger partial charge >= 0.3 is 5.97 Å². The lowest BCUT2D eigenvalue weighted by Gasteiger charge is -2.47. The molecule has 4 rings (SSSR count). The van der Waals surface area contributed by atoms with Gasteiger partial charge in [-0.05, 0) is 43.0 Å². The third kappa shape index (κ3) is 4.19. The molecule has 2 aromatic rings. The Kier molecular flexibility index (Phi) is 6.40. The lowest BCUT2D eigenvalue weighted by atomic mass is 9.82. The Morgan fingerprint density at radius 2 is 1.59 bits per heavy atom. The SMILES string of the molecule is CC(=O)OCC1OC(Sc2ccc(C)cc2)C(N2C(=O)c3ccccc3C2=O)C(C)C1C. The van der Waals surface area contributed by atoms with E-state index in [0.717, 1.165) is 10.5 Å². The molecular formula is C25H27NO5S. The van der Waals surface area contributed by atoms with Crippen molar-refractivity contribution in [3.05, 3.63) is 65.2 Å². The zero-order valence-electron chi connectivity index (χ0n) is 18.6. The van der Waals surface area contributed by atoms with Crippen LogP contribution in [0.2, 0.25) is 0 Å². The van der Waals surface area contributed by atoms with Crippen LogP contribution in [0, 0.1) is 18.8 Å². The normalized spacial score (nSPS) is 27.4. The molecule has 0 N–H and O–H groups in total. The van der Waals surface area contributed by atoms with Crippen molar-refractivity contribution < 1.29 is 23.9 Å². The second-order valence-corrected chi connectivity index (χ2v) is 9.68. The summed E-state index contributed by atoms with van der Waals surface area (Å²) in [7, 11) is 0. The zero-order valence-corrected chi connectivity index (χ0v) is 19.4. The minimum Gasteiger partial charge on any atom is -0.463 e. The highest BCUT2D eigenvalue weighted by Crippen LogP contribution is 2.43. The minimum absolute atomic E-state index is 0.0291. The van der Waals surface area contributed by atoms with Gasteiger partial charge in [-0.25, -0.2) is 0 Å². The van der Waals surface area contributed by atoms with Crippen molar-refractivity contribution in [3.8, 4) is 0 Å². The number of fused-ring (bicyclic) bond motifs is 1. The first-order valence-electron chi connectivity index (χ1n) is 10.8. The van der Waals surface area contributed by atoms with E-state index in [9.17, 15) is 14.4 Å². The van der Waals surface area contributed by atoms with Crippen LogP contribution in [0.4, 0.5) is 0 Å². The predicted molar refractivity (Wildman–Crippen MR) is 121 cm³/mol. The number of ether oxygens (including phenoxy) is 2. The van der Waals surface area contributed by atoms with Crippen LogP contribution in [0.1, 0.15) is 47.1 Å². The summed E-state index contributed by atoms with van der Waals surface area (Å²) in [5.74, 6) is -1.02. The predicted octanol–water partition coefficient (Wildman–Crippen LogP) is 4.31. The second kappa shape index (κ2) is 9.08. The highest BCUT2D eigenvalue weighted by Gasteiger charge is 2.51. The highest BCUT2D eigenvalue weighted by atomic mass is 32.2. The number of hydrogen-bond donors (Lipinski definition) is 0. The van der Waals surface area contributed by atoms with Gasteiger partial charge in [-0.2, -0.15) is 0 Å². The maximum Gasteiger partial charge on any atom is 0.302 e. The summed E-state index contributed by atoms with van der Waals surface area (Å²) >= 11 is 1.49. The molecule has 2 amide bonds. The molecule has 0 radical (unpaired) electrons. The number of aryl methyl sites for hydroxylation is 1. The molecule has 5 unspecified atom stereocenters. The van der Waals surface area contributed by atoms with Gasteiger partial charge in [0.25, 0.3) is 11.8 Å². The Bertz CT molecular complexity index is 1000. The monoisotopic (exact) mass is 453 g/mol. The molecule has 7 heteroatoms. The van der Waals surface area contributed by atoms with Crippen LogP contribution in [-0.2, 0) is 14.3 Å². The maximum atomic E-state index is 13.3. The summed E-state index contributed by atoms with van der Waals surface area (Å²) in [6, 6.07) is 14.5. The first-order valence-corrected chi connectivity index (χ1v) is 11.6. The van der Waals surface area contributed by atoms with E-state index in [0.29, 0.717) is 11.1 Å². The van der Waals surface area contributed by atoms with Gasteiger partial charge in [0.15, 0.2) is 0 Å². The topological polar surface area (TPSA) is 72.9 Å². The van der Waals surface area contributed by atoms with Gasteiger partial charge in [0.05, 0.1) is 23.3 Å². The van der Waals surface area contributed by atoms with Crippen molar-refractivity contribution in [2.24, 2.45) is 11.8 Å². The minimum atomic E-state index is -0.494. The van der Waals surface area contributed by atoms with E-state index in [1.165, 1.54) is 23.6 Å². The van der Waals surface area contributed by atoms with Crippen molar-refractivity contribution in [1.29, 1.82) is 0 Å². The number of carbonyl (C=O) groups excluding carboxylic acids is 3. The summed E-state index contributed by atoms with van der Waals surface area (Å²) in [6.07, 6.45) is -0.330. The molecule has 32 heavy (non-hydrogen) atoms. The quantitative estimate of drug-likeness (QED) is 0.496. The van der Waals surface area contributed by atoms with Crippen LogP contribution in [0.15, 0.2) is 53.4 Å². The second-order valence-electron chi connectivity index (χ2n) is 8.51. The molecule has 0 aromatic heterocycles. The summed E-state index contributed by atoms with van der Waals surface area (Å²) in [6.45, 7) is 7.57. The van der Waals surface area contributed by atoms with Gasteiger partial charge in [-0.15, -0.1) is 0 Å². The van der Waals surface area contributed by atoms with Crippen LogP contribution >= 0.6 is 11.8 Å². The van der Waals surface area contributed by atoms with E-state index < -0.39 is 11.5 Å². The molecule has 2 heterocycles. The smallest absolute Gasteiger partial charge is 0.302 e. The molecule has 1 saturated heterocycles. The molecule has 0 aliphatic carbocycles. The number of carbonyl (C=O) groups is 3. The molecule has 2 aliphatic rings. The zero-order chi connectivity index (χ0) is 23.0. The van der Waals surface area contributed by atoms with Crippen molar-refractivity contribution >= 4 is 29.5 Å². The van der Waals surface area contributed by atoms with Gasteiger partial charge in [-0.3, -0.25) is 19.3 Å². The Morgan fingerprint density at radius 1 is 1.00 bits per heavy atom. The number of nitrogens with zero attached hydrogens (tertiary/aromatic N) is 1. The van der Waals surface area contributed by atoms with Crippen LogP contribution < -0.4 is 0 Å². The lowest BCUT2D eigenvalue weighted by molar-refractivity contribution is -0.156. The molecule has 1 fully saturated rings. The number of benzene rings is 2. The van der Waals surface area contributed by atoms with Crippen LogP contribution in [-0.4, -0.2) is 46.9 Å². The van der Waals surface area contributed by atoms with E-state index in [2.05, 4.69) is 0 Å². The van der Waals surface area contributed by atoms with Crippen molar-refractivity contribution in [2.45, 2.75) is 50.2 Å². The number of imide groups is 1. The Labute approximate surface area is 192 Å². The first kappa shape index (κ1) is 22.6. The van der Waals surface area contributed by atoms with Gasteiger partial charge in [0.1, 0.15) is 12.0 Å². The van der Waals surface area contributed by atoms with Crippen LogP contribution in [0.5, 0.6) is 0 Å². The molecule has 0 spiro atoms. The van der Waals surface area contributed by atoms with E-state index >= 15 is 0 Å². The van der Waals surface area contributed by atoms with Crippen LogP contribution in [0.25, 0.3) is 0 Å². The molecule has 168 valence electrons. The fourth-order valence-electron chi connectivity index (χ4n) is 4.35. The Hall–Kier alpha value is -2.64. The van der Waals surface area contributed by atoms with Gasteiger partial charge in [-0.1, -0.05) is 55.4 Å². The summed E-state index contributed by atoms with van der Waals surface area (Å²) in [5.41, 5.74) is 1.51. The molecule has 2 aromatic carbocycles. The number of thioether (sulfide) groups is 1. The fraction of sp³-hybridized carbons (Fsp3) is 0.400. The summed E-state index contributed by atoms with van der Waals surface area (Å²) < 4.78 is 11.7. The first-order chi connectivity index (χ1) is 15.3. The number of rotatable bonds is 5. The van der Waals surface area contributed by atoms with E-state index in [1.54, 1.807) is 24.3 Å². The van der Waals surface area contributed by atoms with E-state index in [4.69, 9.17) is 9.47 Å². The average Bonchev–Trinajstić information content (AvgIpc) is 3.02. The molecule has 6 nitrogen and oxygen atoms in total. The van der Waals surface area contributed by atoms with Gasteiger partial charge in [0, 0.05) is 11.8 Å². The van der Waals surface area contributed by atoms with Crippen LogP contribution in [0.3, 0.4) is 0 Å². The summed E-state index contributed by atoms with van der Waals surface area (Å²) in [4.78, 5) is 40.3. The number of amides is 2. The molecule has 0 bridgehead atoms. The third-order valence-corrected chi connectivity index (χ3v) is 7.56. The van der Waals surface area contributed by atoms with Gasteiger partial charge < -0.3 is 9.47 Å². The number of hydrogen-bond acceptors (Lipinski definition) is 6. The van der Waals surface area contributed by atoms with Crippen molar-refractivity contribution in [1.82, 2.24) is 4.90 Å². The largest absolute Gasteiger partial charge is 0.463 e. The average molecular weight is 454 g/mol. The molecular weight excluding hydrogens is 426 g/mol. The van der Waals surface area contributed by atoms with E-state index in [1.807, 2.05) is 45.0 Å². The van der Waals surface area contributed by atoms with Gasteiger partial charge in [0.2, 0.25) is 0 Å². The maximum absolute atomic E-state index is 13.3.